The molecule has 0 aliphatic carbocycles. The molecule has 1 saturated heterocycles. The highest BCUT2D eigenvalue weighted by molar-refractivity contribution is 7.89. The average molecular weight is 418 g/mol. The Morgan fingerprint density at radius 1 is 1.14 bits per heavy atom. The van der Waals surface area contributed by atoms with Crippen molar-refractivity contribution in [3.05, 3.63) is 60.2 Å². The average Bonchev–Trinajstić information content (AvgIpc) is 2.73. The number of likely N-dealkylation sites (N-methyl/N-ethyl adjacent to an activating group) is 1. The van der Waals surface area contributed by atoms with Gasteiger partial charge in [0.15, 0.2) is 0 Å². The van der Waals surface area contributed by atoms with Gasteiger partial charge < -0.3 is 14.7 Å². The summed E-state index contributed by atoms with van der Waals surface area (Å²) in [5, 5.41) is 10.0. The molecule has 3 rings (SSSR count). The Kier molecular flexibility index (Phi) is 5.90. The number of piperazine rings is 1. The largest absolute Gasteiger partial charge is 0.496 e. The fraction of sp³-hybridized carbons (Fsp3) is 0.300. The minimum absolute atomic E-state index is 0.0669. The van der Waals surface area contributed by atoms with Gasteiger partial charge in [-0.1, -0.05) is 36.4 Å². The number of aliphatic carboxylic acids is 1. The fourth-order valence-corrected chi connectivity index (χ4v) is 5.20. The minimum Gasteiger partial charge on any atom is -0.496 e. The number of methoxy groups -OCH3 is 1. The Balaban J connectivity index is 2.20. The third-order valence-electron chi connectivity index (χ3n) is 4.96. The molecule has 29 heavy (non-hydrogen) atoms. The molecule has 0 radical (unpaired) electrons. The maximum Gasteiger partial charge on any atom is 0.324 e. The van der Waals surface area contributed by atoms with Gasteiger partial charge in [0, 0.05) is 12.1 Å². The van der Waals surface area contributed by atoms with Gasteiger partial charge in [-0.3, -0.25) is 9.59 Å². The van der Waals surface area contributed by atoms with Crippen LogP contribution in [0.5, 0.6) is 5.75 Å². The van der Waals surface area contributed by atoms with E-state index in [0.29, 0.717) is 11.3 Å². The Morgan fingerprint density at radius 2 is 1.76 bits per heavy atom. The number of carboxylic acids is 1. The number of amides is 1. The summed E-state index contributed by atoms with van der Waals surface area (Å²) < 4.78 is 32.6. The van der Waals surface area contributed by atoms with Crippen molar-refractivity contribution in [3.63, 3.8) is 0 Å². The summed E-state index contributed by atoms with van der Waals surface area (Å²) >= 11 is 0. The van der Waals surface area contributed by atoms with Gasteiger partial charge in [-0.15, -0.1) is 0 Å². The fourth-order valence-electron chi connectivity index (χ4n) is 3.65. The van der Waals surface area contributed by atoms with Crippen LogP contribution in [-0.2, 0) is 19.6 Å². The Labute approximate surface area is 169 Å². The lowest BCUT2D eigenvalue weighted by Gasteiger charge is -2.44. The lowest BCUT2D eigenvalue weighted by Crippen LogP contribution is -2.61. The number of carbonyl (C=O) groups excluding carboxylic acids is 1. The van der Waals surface area contributed by atoms with Crippen LogP contribution in [0.4, 0.5) is 0 Å². The lowest BCUT2D eigenvalue weighted by atomic mass is 9.94. The van der Waals surface area contributed by atoms with Crippen LogP contribution in [-0.4, -0.2) is 60.8 Å². The highest BCUT2D eigenvalue weighted by Crippen LogP contribution is 2.38. The van der Waals surface area contributed by atoms with Crippen molar-refractivity contribution in [3.8, 4) is 5.75 Å². The lowest BCUT2D eigenvalue weighted by molar-refractivity contribution is -0.152. The first-order chi connectivity index (χ1) is 13.8. The number of carbonyl (C=O) groups is 2. The number of carboxylic acid groups (broad SMARTS) is 1. The number of rotatable bonds is 6. The number of hydrogen-bond donors (Lipinski definition) is 1. The predicted octanol–water partition coefficient (Wildman–Crippen LogP) is 1.74. The van der Waals surface area contributed by atoms with Gasteiger partial charge in [0.2, 0.25) is 15.9 Å². The zero-order valence-corrected chi connectivity index (χ0v) is 16.9. The first kappa shape index (κ1) is 20.8. The van der Waals surface area contributed by atoms with E-state index in [0.717, 1.165) is 4.31 Å². The van der Waals surface area contributed by atoms with E-state index >= 15 is 0 Å². The Hall–Kier alpha value is -2.91. The zero-order chi connectivity index (χ0) is 21.2. The van der Waals surface area contributed by atoms with Crippen molar-refractivity contribution in [2.24, 2.45) is 0 Å². The number of nitrogens with zero attached hydrogens (tertiary/aromatic N) is 2. The van der Waals surface area contributed by atoms with E-state index in [4.69, 9.17) is 4.74 Å². The summed E-state index contributed by atoms with van der Waals surface area (Å²) in [7, 11) is -2.78. The summed E-state index contributed by atoms with van der Waals surface area (Å²) in [6, 6.07) is 11.7. The minimum atomic E-state index is -4.22. The van der Waals surface area contributed by atoms with Crippen molar-refractivity contribution in [1.29, 1.82) is 0 Å². The van der Waals surface area contributed by atoms with Gasteiger partial charge in [0.25, 0.3) is 0 Å². The molecule has 0 aromatic heterocycles. The van der Waals surface area contributed by atoms with Gasteiger partial charge >= 0.3 is 5.97 Å². The van der Waals surface area contributed by atoms with Crippen molar-refractivity contribution < 1.29 is 27.9 Å². The van der Waals surface area contributed by atoms with E-state index in [1.165, 1.54) is 24.1 Å². The van der Waals surface area contributed by atoms with Crippen LogP contribution in [0.15, 0.2) is 59.5 Å². The smallest absolute Gasteiger partial charge is 0.324 e. The van der Waals surface area contributed by atoms with Gasteiger partial charge in [0.1, 0.15) is 11.8 Å². The molecular formula is C20H22N2O6S. The molecule has 2 aromatic carbocycles. The quantitative estimate of drug-likeness (QED) is 0.766. The van der Waals surface area contributed by atoms with Gasteiger partial charge in [-0.05, 0) is 25.1 Å². The van der Waals surface area contributed by atoms with E-state index in [-0.39, 0.29) is 11.4 Å². The Bertz CT molecular complexity index is 1010. The van der Waals surface area contributed by atoms with Crippen LogP contribution in [0.25, 0.3) is 0 Å². The van der Waals surface area contributed by atoms with E-state index in [2.05, 4.69) is 0 Å². The summed E-state index contributed by atoms with van der Waals surface area (Å²) in [5.41, 5.74) is 0.436. The number of para-hydroxylation sites is 1. The molecule has 2 aromatic rings. The number of benzene rings is 2. The van der Waals surface area contributed by atoms with Crippen molar-refractivity contribution >= 4 is 21.9 Å². The molecule has 154 valence electrons. The molecule has 1 aliphatic rings. The SMILES string of the molecule is CCN1C(=O)CN(S(=O)(=O)c2ccccc2)[C@H](C(=O)O)[C@H]1c1ccccc1OC. The molecule has 0 saturated carbocycles. The second-order valence-corrected chi connectivity index (χ2v) is 8.40. The molecule has 0 unspecified atom stereocenters. The van der Waals surface area contributed by atoms with E-state index in [1.54, 1.807) is 49.4 Å². The summed E-state index contributed by atoms with van der Waals surface area (Å²) in [6.07, 6.45) is 0. The molecule has 8 nitrogen and oxygen atoms in total. The molecular weight excluding hydrogens is 396 g/mol. The first-order valence-corrected chi connectivity index (χ1v) is 10.5. The van der Waals surface area contributed by atoms with Crippen molar-refractivity contribution in [1.82, 2.24) is 9.21 Å². The van der Waals surface area contributed by atoms with Crippen LogP contribution < -0.4 is 4.74 Å². The van der Waals surface area contributed by atoms with Gasteiger partial charge in [0.05, 0.1) is 24.6 Å². The van der Waals surface area contributed by atoms with E-state index < -0.39 is 40.5 Å². The number of sulfonamides is 1. The van der Waals surface area contributed by atoms with E-state index in [1.807, 2.05) is 0 Å². The maximum atomic E-state index is 13.2. The third kappa shape index (κ3) is 3.70. The van der Waals surface area contributed by atoms with Crippen molar-refractivity contribution in [2.75, 3.05) is 20.2 Å². The highest BCUT2D eigenvalue weighted by Gasteiger charge is 2.50. The summed E-state index contributed by atoms with van der Waals surface area (Å²) in [5.74, 6) is -1.43. The Morgan fingerprint density at radius 3 is 2.34 bits per heavy atom. The molecule has 1 amide bonds. The normalized spacial score (nSPS) is 20.5. The molecule has 1 fully saturated rings. The predicted molar refractivity (Wildman–Crippen MR) is 105 cm³/mol. The second kappa shape index (κ2) is 8.22. The van der Waals surface area contributed by atoms with Crippen molar-refractivity contribution in [2.45, 2.75) is 23.9 Å². The van der Waals surface area contributed by atoms with Crippen LogP contribution in [0, 0.1) is 0 Å². The van der Waals surface area contributed by atoms with Crippen LogP contribution in [0.2, 0.25) is 0 Å². The van der Waals surface area contributed by atoms with Gasteiger partial charge in [-0.2, -0.15) is 4.31 Å². The molecule has 1 heterocycles. The molecule has 9 heteroatoms. The number of ether oxygens (including phenoxy) is 1. The second-order valence-electron chi connectivity index (χ2n) is 6.51. The topological polar surface area (TPSA) is 104 Å². The molecule has 2 atom stereocenters. The monoisotopic (exact) mass is 418 g/mol. The molecule has 1 N–H and O–H groups in total. The standard InChI is InChI=1S/C20H22N2O6S/c1-3-21-17(23)13-22(29(26,27)14-9-5-4-6-10-14)19(20(24)25)18(21)15-11-7-8-12-16(15)28-2/h4-12,18-19H,3,13H2,1-2H3,(H,24,25)/t18-,19+/m1/s1. The maximum absolute atomic E-state index is 13.2. The molecule has 0 bridgehead atoms. The third-order valence-corrected chi connectivity index (χ3v) is 6.80. The highest BCUT2D eigenvalue weighted by atomic mass is 32.2. The van der Waals surface area contributed by atoms with E-state index in [9.17, 15) is 23.1 Å². The molecule has 0 spiro atoms. The zero-order valence-electron chi connectivity index (χ0n) is 16.1. The summed E-state index contributed by atoms with van der Waals surface area (Å²) in [6.45, 7) is 1.40. The van der Waals surface area contributed by atoms with Crippen LogP contribution in [0.1, 0.15) is 18.5 Å². The number of hydrogen-bond acceptors (Lipinski definition) is 5. The van der Waals surface area contributed by atoms with Crippen LogP contribution >= 0.6 is 0 Å². The van der Waals surface area contributed by atoms with Crippen LogP contribution in [0.3, 0.4) is 0 Å². The molecule has 1 aliphatic heterocycles. The summed E-state index contributed by atoms with van der Waals surface area (Å²) in [4.78, 5) is 26.5. The first-order valence-electron chi connectivity index (χ1n) is 9.05. The van der Waals surface area contributed by atoms with Gasteiger partial charge in [-0.25, -0.2) is 8.42 Å².